The normalized spacial score (nSPS) is 10.3. The molecule has 0 saturated carbocycles. The zero-order valence-electron chi connectivity index (χ0n) is 6.50. The summed E-state index contributed by atoms with van der Waals surface area (Å²) < 4.78 is 17.6. The summed E-state index contributed by atoms with van der Waals surface area (Å²) in [6, 6.07) is 5.84. The second kappa shape index (κ2) is 3.18. The number of oxazole rings is 1. The summed E-state index contributed by atoms with van der Waals surface area (Å²) in [6.45, 7) is 0. The minimum absolute atomic E-state index is 0.222. The molecular formula is C9H5ClFNO. The van der Waals surface area contributed by atoms with Crippen LogP contribution < -0.4 is 0 Å². The molecule has 1 aromatic carbocycles. The van der Waals surface area contributed by atoms with Gasteiger partial charge in [0.05, 0.1) is 6.20 Å². The molecule has 2 rings (SSSR count). The van der Waals surface area contributed by atoms with Gasteiger partial charge in [0.2, 0.25) is 11.1 Å². The molecule has 2 aromatic rings. The third-order valence-electron chi connectivity index (χ3n) is 1.57. The Morgan fingerprint density at radius 2 is 1.92 bits per heavy atom. The summed E-state index contributed by atoms with van der Waals surface area (Å²) in [4.78, 5) is 3.89. The molecule has 4 heteroatoms. The maximum atomic E-state index is 12.5. The van der Waals surface area contributed by atoms with Gasteiger partial charge in [-0.3, -0.25) is 0 Å². The first-order chi connectivity index (χ1) is 6.25. The summed E-state index contributed by atoms with van der Waals surface area (Å²) in [6.07, 6.45) is 1.40. The third-order valence-corrected chi connectivity index (χ3v) is 1.74. The topological polar surface area (TPSA) is 26.0 Å². The lowest BCUT2D eigenvalue weighted by Gasteiger charge is -1.93. The van der Waals surface area contributed by atoms with Crippen LogP contribution in [0.4, 0.5) is 4.39 Å². The Bertz CT molecular complexity index is 410. The first kappa shape index (κ1) is 8.26. The third kappa shape index (κ3) is 1.70. The standard InChI is InChI=1S/C9H5ClFNO/c10-8-5-12-9(13-8)6-1-3-7(11)4-2-6/h1-5H. The Balaban J connectivity index is 2.41. The average molecular weight is 198 g/mol. The van der Waals surface area contributed by atoms with Crippen molar-refractivity contribution in [3.8, 4) is 11.5 Å². The lowest BCUT2D eigenvalue weighted by Crippen LogP contribution is -1.77. The van der Waals surface area contributed by atoms with Crippen molar-refractivity contribution < 1.29 is 8.81 Å². The van der Waals surface area contributed by atoms with Gasteiger partial charge in [0, 0.05) is 5.56 Å². The fraction of sp³-hybridized carbons (Fsp3) is 0. The minimum atomic E-state index is -0.290. The molecule has 0 atom stereocenters. The molecule has 0 radical (unpaired) electrons. The van der Waals surface area contributed by atoms with E-state index in [1.165, 1.54) is 18.3 Å². The van der Waals surface area contributed by atoms with Gasteiger partial charge in [0.25, 0.3) is 0 Å². The van der Waals surface area contributed by atoms with E-state index in [9.17, 15) is 4.39 Å². The highest BCUT2D eigenvalue weighted by Gasteiger charge is 2.04. The maximum Gasteiger partial charge on any atom is 0.228 e. The van der Waals surface area contributed by atoms with Gasteiger partial charge in [-0.15, -0.1) is 0 Å². The summed E-state index contributed by atoms with van der Waals surface area (Å²) in [5.74, 6) is 0.103. The summed E-state index contributed by atoms with van der Waals surface area (Å²) >= 11 is 5.54. The Kier molecular flexibility index (Phi) is 2.02. The molecular weight excluding hydrogens is 193 g/mol. The SMILES string of the molecule is Fc1ccc(-c2ncc(Cl)o2)cc1. The largest absolute Gasteiger partial charge is 0.425 e. The van der Waals surface area contributed by atoms with Crippen LogP contribution in [0.25, 0.3) is 11.5 Å². The molecule has 0 aliphatic rings. The molecule has 0 N–H and O–H groups in total. The number of nitrogens with zero attached hydrogens (tertiary/aromatic N) is 1. The van der Waals surface area contributed by atoms with Crippen LogP contribution in [0.15, 0.2) is 34.9 Å². The molecule has 0 unspecified atom stereocenters. The van der Waals surface area contributed by atoms with Gasteiger partial charge in [-0.2, -0.15) is 0 Å². The first-order valence-electron chi connectivity index (χ1n) is 3.63. The quantitative estimate of drug-likeness (QED) is 0.702. The molecule has 0 aliphatic heterocycles. The second-order valence-corrected chi connectivity index (χ2v) is 2.85. The van der Waals surface area contributed by atoms with Crippen LogP contribution in [0, 0.1) is 5.82 Å². The van der Waals surface area contributed by atoms with Crippen molar-refractivity contribution in [2.24, 2.45) is 0 Å². The van der Waals surface area contributed by atoms with Crippen molar-refractivity contribution in [1.82, 2.24) is 4.98 Å². The van der Waals surface area contributed by atoms with Crippen LogP contribution in [0.5, 0.6) is 0 Å². The van der Waals surface area contributed by atoms with Gasteiger partial charge in [0.1, 0.15) is 5.82 Å². The van der Waals surface area contributed by atoms with E-state index in [4.69, 9.17) is 16.0 Å². The molecule has 13 heavy (non-hydrogen) atoms. The zero-order chi connectivity index (χ0) is 9.26. The van der Waals surface area contributed by atoms with Crippen LogP contribution in [-0.4, -0.2) is 4.98 Å². The smallest absolute Gasteiger partial charge is 0.228 e. The van der Waals surface area contributed by atoms with E-state index in [-0.39, 0.29) is 11.0 Å². The molecule has 0 saturated heterocycles. The predicted octanol–water partition coefficient (Wildman–Crippen LogP) is 3.13. The van der Waals surface area contributed by atoms with E-state index in [2.05, 4.69) is 4.98 Å². The molecule has 1 aromatic heterocycles. The number of benzene rings is 1. The first-order valence-corrected chi connectivity index (χ1v) is 4.01. The zero-order valence-corrected chi connectivity index (χ0v) is 7.25. The Morgan fingerprint density at radius 1 is 1.23 bits per heavy atom. The predicted molar refractivity (Wildman–Crippen MR) is 46.9 cm³/mol. The van der Waals surface area contributed by atoms with Gasteiger partial charge in [-0.25, -0.2) is 9.37 Å². The highest BCUT2D eigenvalue weighted by atomic mass is 35.5. The summed E-state index contributed by atoms with van der Waals surface area (Å²) in [5, 5.41) is 0.222. The Hall–Kier alpha value is -1.35. The van der Waals surface area contributed by atoms with E-state index in [0.29, 0.717) is 11.5 Å². The fourth-order valence-corrected chi connectivity index (χ4v) is 1.10. The lowest BCUT2D eigenvalue weighted by atomic mass is 10.2. The molecule has 0 bridgehead atoms. The van der Waals surface area contributed by atoms with Gasteiger partial charge in [-0.1, -0.05) is 0 Å². The number of halogens is 2. The van der Waals surface area contributed by atoms with E-state index < -0.39 is 0 Å². The number of aromatic nitrogens is 1. The van der Waals surface area contributed by atoms with Gasteiger partial charge in [-0.05, 0) is 35.9 Å². The maximum absolute atomic E-state index is 12.5. The Labute approximate surface area is 79.0 Å². The van der Waals surface area contributed by atoms with Crippen molar-refractivity contribution in [3.63, 3.8) is 0 Å². The van der Waals surface area contributed by atoms with Crippen molar-refractivity contribution >= 4 is 11.6 Å². The van der Waals surface area contributed by atoms with E-state index in [0.717, 1.165) is 0 Å². The lowest BCUT2D eigenvalue weighted by molar-refractivity contribution is 0.576. The van der Waals surface area contributed by atoms with Crippen molar-refractivity contribution in [3.05, 3.63) is 41.5 Å². The number of hydrogen-bond acceptors (Lipinski definition) is 2. The van der Waals surface area contributed by atoms with Gasteiger partial charge >= 0.3 is 0 Å². The fourth-order valence-electron chi connectivity index (χ4n) is 0.980. The van der Waals surface area contributed by atoms with Crippen LogP contribution in [0.2, 0.25) is 5.22 Å². The van der Waals surface area contributed by atoms with E-state index in [1.807, 2.05) is 0 Å². The highest BCUT2D eigenvalue weighted by molar-refractivity contribution is 6.28. The molecule has 0 fully saturated rings. The Morgan fingerprint density at radius 3 is 2.46 bits per heavy atom. The molecule has 2 nitrogen and oxygen atoms in total. The van der Waals surface area contributed by atoms with Crippen molar-refractivity contribution in [2.75, 3.05) is 0 Å². The highest BCUT2D eigenvalue weighted by Crippen LogP contribution is 2.21. The molecule has 0 aliphatic carbocycles. The summed E-state index contributed by atoms with van der Waals surface area (Å²) in [5.41, 5.74) is 0.702. The molecule has 1 heterocycles. The monoisotopic (exact) mass is 197 g/mol. The van der Waals surface area contributed by atoms with Crippen molar-refractivity contribution in [2.45, 2.75) is 0 Å². The summed E-state index contributed by atoms with van der Waals surface area (Å²) in [7, 11) is 0. The molecule has 66 valence electrons. The second-order valence-electron chi connectivity index (χ2n) is 2.48. The minimum Gasteiger partial charge on any atom is -0.425 e. The van der Waals surface area contributed by atoms with Gasteiger partial charge < -0.3 is 4.42 Å². The number of rotatable bonds is 1. The average Bonchev–Trinajstić information content (AvgIpc) is 2.53. The van der Waals surface area contributed by atoms with E-state index in [1.54, 1.807) is 12.1 Å². The van der Waals surface area contributed by atoms with Crippen LogP contribution in [0.3, 0.4) is 0 Å². The van der Waals surface area contributed by atoms with E-state index >= 15 is 0 Å². The van der Waals surface area contributed by atoms with Crippen LogP contribution in [0.1, 0.15) is 0 Å². The van der Waals surface area contributed by atoms with Crippen LogP contribution in [-0.2, 0) is 0 Å². The molecule has 0 spiro atoms. The van der Waals surface area contributed by atoms with Crippen LogP contribution >= 0.6 is 11.6 Å². The van der Waals surface area contributed by atoms with Crippen molar-refractivity contribution in [1.29, 1.82) is 0 Å². The number of hydrogen-bond donors (Lipinski definition) is 0. The molecule has 0 amide bonds. The van der Waals surface area contributed by atoms with Gasteiger partial charge in [0.15, 0.2) is 0 Å².